The summed E-state index contributed by atoms with van der Waals surface area (Å²) in [4.78, 5) is 21.1. The maximum atomic E-state index is 11.9. The predicted octanol–water partition coefficient (Wildman–Crippen LogP) is 2.37. The van der Waals surface area contributed by atoms with Crippen molar-refractivity contribution >= 4 is 32.8 Å². The summed E-state index contributed by atoms with van der Waals surface area (Å²) in [7, 11) is -0.252. The van der Waals surface area contributed by atoms with Gasteiger partial charge in [0.1, 0.15) is 28.4 Å². The van der Waals surface area contributed by atoms with E-state index in [1.165, 1.54) is 7.11 Å². The fourth-order valence-corrected chi connectivity index (χ4v) is 6.77. The van der Waals surface area contributed by atoms with Crippen LogP contribution in [0.25, 0.3) is 0 Å². The standard InChI is InChI=1S/C14H23NO4Si.C14H21NO4Si/c2*1-6-14(17)10-7-11(20(3,4)5)15-12(18-2)9(10)8-19-13(14)16/h7,13,16-17H,6,8H2,1-5H3;7,17H,6,8H2,1-5H3/t13-,14+;14-/m10/s1. The minimum Gasteiger partial charge on any atom is -0.481 e. The number of aliphatic hydroxyl groups is 3. The average molecular weight is 593 g/mol. The maximum Gasteiger partial charge on any atom is 0.343 e. The Bertz CT molecular complexity index is 1260. The summed E-state index contributed by atoms with van der Waals surface area (Å²) in [5.41, 5.74) is -0.345. The second-order valence-electron chi connectivity index (χ2n) is 12.3. The predicted molar refractivity (Wildman–Crippen MR) is 157 cm³/mol. The lowest BCUT2D eigenvalue weighted by atomic mass is 9.86. The molecule has 3 atom stereocenters. The lowest BCUT2D eigenvalue weighted by Crippen LogP contribution is -2.48. The number of methoxy groups -OCH3 is 2. The molecule has 2 aliphatic rings. The number of hydrogen-bond donors (Lipinski definition) is 3. The number of carbonyl (C=O) groups is 1. The van der Waals surface area contributed by atoms with Gasteiger partial charge in [0, 0.05) is 27.3 Å². The topological polar surface area (TPSA) is 140 Å². The van der Waals surface area contributed by atoms with Crippen LogP contribution in [0.1, 0.15) is 48.9 Å². The highest BCUT2D eigenvalue weighted by atomic mass is 28.3. The van der Waals surface area contributed by atoms with Gasteiger partial charge in [-0.3, -0.25) is 0 Å². The van der Waals surface area contributed by atoms with Gasteiger partial charge in [-0.15, -0.1) is 0 Å². The molecule has 2 aromatic heterocycles. The first kappa shape index (κ1) is 32.2. The minimum absolute atomic E-state index is 0.0959. The zero-order valence-electron chi connectivity index (χ0n) is 25.3. The van der Waals surface area contributed by atoms with Gasteiger partial charge in [0.15, 0.2) is 11.9 Å². The Morgan fingerprint density at radius 2 is 1.35 bits per heavy atom. The van der Waals surface area contributed by atoms with E-state index in [1.807, 2.05) is 19.1 Å². The molecule has 0 bridgehead atoms. The third-order valence-electron chi connectivity index (χ3n) is 7.54. The Hall–Kier alpha value is -2.36. The van der Waals surface area contributed by atoms with Crippen molar-refractivity contribution < 1.29 is 39.1 Å². The van der Waals surface area contributed by atoms with Gasteiger partial charge in [0.25, 0.3) is 0 Å². The first-order valence-electron chi connectivity index (χ1n) is 13.6. The molecular formula is C28H44N2O8Si2. The third-order valence-corrected chi connectivity index (χ3v) is 11.1. The van der Waals surface area contributed by atoms with Crippen LogP contribution < -0.4 is 20.1 Å². The monoisotopic (exact) mass is 592 g/mol. The zero-order valence-corrected chi connectivity index (χ0v) is 27.3. The lowest BCUT2D eigenvalue weighted by molar-refractivity contribution is -0.236. The number of fused-ring (bicyclic) bond motifs is 2. The van der Waals surface area contributed by atoms with Gasteiger partial charge >= 0.3 is 5.97 Å². The van der Waals surface area contributed by atoms with Crippen molar-refractivity contribution in [1.82, 2.24) is 9.97 Å². The van der Waals surface area contributed by atoms with E-state index in [0.29, 0.717) is 34.9 Å². The van der Waals surface area contributed by atoms with E-state index >= 15 is 0 Å². The van der Waals surface area contributed by atoms with Gasteiger partial charge in [0.2, 0.25) is 11.8 Å². The highest BCUT2D eigenvalue weighted by Gasteiger charge is 2.46. The molecule has 0 aromatic carbocycles. The minimum atomic E-state index is -1.69. The van der Waals surface area contributed by atoms with Gasteiger partial charge in [-0.25, -0.2) is 14.8 Å². The van der Waals surface area contributed by atoms with E-state index in [-0.39, 0.29) is 19.6 Å². The Morgan fingerprint density at radius 3 is 1.77 bits per heavy atom. The summed E-state index contributed by atoms with van der Waals surface area (Å²) >= 11 is 0. The van der Waals surface area contributed by atoms with Gasteiger partial charge in [0.05, 0.1) is 26.4 Å². The van der Waals surface area contributed by atoms with E-state index in [0.717, 1.165) is 16.2 Å². The van der Waals surface area contributed by atoms with E-state index in [9.17, 15) is 20.1 Å². The van der Waals surface area contributed by atoms with Crippen molar-refractivity contribution in [2.75, 3.05) is 14.2 Å². The summed E-state index contributed by atoms with van der Waals surface area (Å²) in [6.45, 7) is 16.9. The molecule has 0 spiro atoms. The number of nitrogens with zero attached hydrogens (tertiary/aromatic N) is 2. The van der Waals surface area contributed by atoms with Crippen molar-refractivity contribution in [2.45, 2.75) is 96.7 Å². The fourth-order valence-electron chi connectivity index (χ4n) is 4.74. The molecule has 0 unspecified atom stereocenters. The number of cyclic esters (lactones) is 1. The number of ether oxygens (including phenoxy) is 4. The lowest BCUT2D eigenvalue weighted by Gasteiger charge is -2.38. The summed E-state index contributed by atoms with van der Waals surface area (Å²) < 4.78 is 21.0. The molecule has 0 saturated heterocycles. The van der Waals surface area contributed by atoms with Crippen LogP contribution in [0.15, 0.2) is 12.1 Å². The van der Waals surface area contributed by atoms with E-state index in [2.05, 4.69) is 49.3 Å². The number of esters is 1. The average Bonchev–Trinajstić information content (AvgIpc) is 2.91. The van der Waals surface area contributed by atoms with Crippen LogP contribution in [0.5, 0.6) is 11.8 Å². The zero-order chi connectivity index (χ0) is 30.3. The summed E-state index contributed by atoms with van der Waals surface area (Å²) in [5, 5.41) is 33.3. The maximum absolute atomic E-state index is 11.9. The molecule has 12 heteroatoms. The largest absolute Gasteiger partial charge is 0.481 e. The van der Waals surface area contributed by atoms with Crippen LogP contribution in [0, 0.1) is 0 Å². The quantitative estimate of drug-likeness (QED) is 0.338. The van der Waals surface area contributed by atoms with Crippen LogP contribution in [0.4, 0.5) is 0 Å². The van der Waals surface area contributed by atoms with Crippen molar-refractivity contribution in [1.29, 1.82) is 0 Å². The number of carbonyl (C=O) groups excluding carboxylic acids is 1. The summed E-state index contributed by atoms with van der Waals surface area (Å²) in [5.74, 6) is 0.334. The summed E-state index contributed by atoms with van der Waals surface area (Å²) in [6.07, 6.45) is -0.599. The number of hydrogen-bond acceptors (Lipinski definition) is 10. The molecule has 4 rings (SSSR count). The molecule has 2 aromatic rings. The highest BCUT2D eigenvalue weighted by Crippen LogP contribution is 2.40. The molecule has 2 aliphatic heterocycles. The van der Waals surface area contributed by atoms with Crippen LogP contribution in [0.3, 0.4) is 0 Å². The third kappa shape index (κ3) is 5.83. The smallest absolute Gasteiger partial charge is 0.343 e. The van der Waals surface area contributed by atoms with Crippen molar-refractivity contribution in [3.05, 3.63) is 34.4 Å². The van der Waals surface area contributed by atoms with Crippen molar-refractivity contribution in [3.8, 4) is 11.8 Å². The van der Waals surface area contributed by atoms with Crippen LogP contribution in [-0.4, -0.2) is 67.9 Å². The molecule has 3 N–H and O–H groups in total. The van der Waals surface area contributed by atoms with Gasteiger partial charge in [-0.2, -0.15) is 0 Å². The molecule has 0 saturated carbocycles. The molecule has 4 heterocycles. The molecule has 10 nitrogen and oxygen atoms in total. The molecule has 222 valence electrons. The highest BCUT2D eigenvalue weighted by molar-refractivity contribution is 6.88. The summed E-state index contributed by atoms with van der Waals surface area (Å²) in [6, 6.07) is 3.77. The van der Waals surface area contributed by atoms with Crippen LogP contribution >= 0.6 is 0 Å². The van der Waals surface area contributed by atoms with Gasteiger partial charge in [-0.05, 0) is 25.0 Å². The number of aliphatic hydroxyl groups excluding tert-OH is 1. The van der Waals surface area contributed by atoms with Crippen molar-refractivity contribution in [2.24, 2.45) is 0 Å². The van der Waals surface area contributed by atoms with E-state index in [4.69, 9.17) is 18.9 Å². The number of rotatable bonds is 6. The first-order chi connectivity index (χ1) is 18.5. The number of aromatic nitrogens is 2. The molecular weight excluding hydrogens is 548 g/mol. The molecule has 0 fully saturated rings. The Kier molecular flexibility index (Phi) is 9.24. The fraction of sp³-hybridized carbons (Fsp3) is 0.607. The van der Waals surface area contributed by atoms with Crippen LogP contribution in [0.2, 0.25) is 39.3 Å². The molecule has 40 heavy (non-hydrogen) atoms. The second-order valence-corrected chi connectivity index (χ2v) is 22.3. The normalized spacial score (nSPS) is 24.2. The molecule has 0 aliphatic carbocycles. The number of pyridine rings is 2. The van der Waals surface area contributed by atoms with E-state index < -0.39 is 39.6 Å². The molecule has 0 radical (unpaired) electrons. The van der Waals surface area contributed by atoms with Crippen molar-refractivity contribution in [3.63, 3.8) is 0 Å². The first-order valence-corrected chi connectivity index (χ1v) is 20.6. The van der Waals surface area contributed by atoms with Crippen LogP contribution in [-0.2, 0) is 38.7 Å². The molecule has 0 amide bonds. The Morgan fingerprint density at radius 1 is 0.875 bits per heavy atom. The SMILES string of the molecule is CC[C@@]1(O)C(=O)OCc2c1cc([Si](C)(C)C)nc2OC.CC[C@]1(O)c2cc([Si](C)(C)C)nc(OC)c2CO[C@H]1O. The van der Waals surface area contributed by atoms with Gasteiger partial charge < -0.3 is 34.3 Å². The van der Waals surface area contributed by atoms with Gasteiger partial charge in [-0.1, -0.05) is 53.1 Å². The van der Waals surface area contributed by atoms with E-state index in [1.54, 1.807) is 14.0 Å². The second kappa shape index (κ2) is 11.5. The Balaban J connectivity index is 0.000000220. The Labute approximate surface area is 238 Å².